The Labute approximate surface area is 133 Å². The van der Waals surface area contributed by atoms with Gasteiger partial charge in [0.2, 0.25) is 5.91 Å². The maximum Gasteiger partial charge on any atom is 0.260 e. The maximum atomic E-state index is 12.1. The smallest absolute Gasteiger partial charge is 0.260 e. The second-order valence-electron chi connectivity index (χ2n) is 4.85. The topological polar surface area (TPSA) is 58.6 Å². The minimum absolute atomic E-state index is 0.0722. The van der Waals surface area contributed by atoms with Gasteiger partial charge >= 0.3 is 0 Å². The number of hydrogen-bond donors (Lipinski definition) is 1. The van der Waals surface area contributed by atoms with Gasteiger partial charge in [-0.25, -0.2) is 0 Å². The molecule has 22 heavy (non-hydrogen) atoms. The number of likely N-dealkylation sites (N-methyl/N-ethyl adjacent to an activating group) is 1. The van der Waals surface area contributed by atoms with Crippen LogP contribution >= 0.6 is 11.3 Å². The second kappa shape index (κ2) is 7.61. The summed E-state index contributed by atoms with van der Waals surface area (Å²) in [6.45, 7) is 1.91. The van der Waals surface area contributed by atoms with Crippen molar-refractivity contribution in [3.63, 3.8) is 0 Å². The van der Waals surface area contributed by atoms with Crippen molar-refractivity contribution >= 4 is 28.8 Å². The average molecular weight is 318 g/mol. The van der Waals surface area contributed by atoms with E-state index in [2.05, 4.69) is 5.32 Å². The molecule has 1 aromatic heterocycles. The van der Waals surface area contributed by atoms with Gasteiger partial charge in [-0.3, -0.25) is 9.59 Å². The molecule has 2 rings (SSSR count). The summed E-state index contributed by atoms with van der Waals surface area (Å²) in [5, 5.41) is 6.67. The van der Waals surface area contributed by atoms with Gasteiger partial charge in [0.25, 0.3) is 5.91 Å². The van der Waals surface area contributed by atoms with Gasteiger partial charge in [0.05, 0.1) is 5.69 Å². The van der Waals surface area contributed by atoms with E-state index >= 15 is 0 Å². The Morgan fingerprint density at radius 3 is 2.73 bits per heavy atom. The number of carbonyl (C=O) groups excluding carboxylic acids is 2. The van der Waals surface area contributed by atoms with E-state index < -0.39 is 0 Å². The van der Waals surface area contributed by atoms with Gasteiger partial charge in [-0.1, -0.05) is 12.1 Å². The van der Waals surface area contributed by atoms with E-state index in [1.165, 1.54) is 6.92 Å². The van der Waals surface area contributed by atoms with Crippen molar-refractivity contribution in [1.29, 1.82) is 0 Å². The van der Waals surface area contributed by atoms with E-state index in [1.807, 2.05) is 16.8 Å². The molecule has 0 saturated carbocycles. The van der Waals surface area contributed by atoms with Crippen LogP contribution in [0.4, 0.5) is 5.69 Å². The minimum atomic E-state index is -0.183. The molecule has 0 aliphatic heterocycles. The fourth-order valence-electron chi connectivity index (χ4n) is 1.88. The molecule has 6 heteroatoms. The van der Waals surface area contributed by atoms with E-state index in [1.54, 1.807) is 47.5 Å². The molecule has 0 aliphatic carbocycles. The highest BCUT2D eigenvalue weighted by atomic mass is 32.1. The van der Waals surface area contributed by atoms with Gasteiger partial charge in [-0.2, -0.15) is 11.3 Å². The molecule has 116 valence electrons. The third kappa shape index (κ3) is 4.60. The molecular weight excluding hydrogens is 300 g/mol. The standard InChI is InChI=1S/C16H18N2O3S/c1-12(19)17-14-5-3-4-6-15(14)21-10-16(20)18(2)9-13-7-8-22-11-13/h3-8,11H,9-10H2,1-2H3,(H,17,19). The van der Waals surface area contributed by atoms with Gasteiger partial charge in [0, 0.05) is 20.5 Å². The molecule has 0 radical (unpaired) electrons. The van der Waals surface area contributed by atoms with Crippen LogP contribution in [0.25, 0.3) is 0 Å². The highest BCUT2D eigenvalue weighted by Gasteiger charge is 2.12. The number of nitrogens with one attached hydrogen (secondary N) is 1. The minimum Gasteiger partial charge on any atom is -0.482 e. The number of rotatable bonds is 6. The number of anilines is 1. The normalized spacial score (nSPS) is 10.1. The Morgan fingerprint density at radius 2 is 2.05 bits per heavy atom. The molecule has 2 amide bonds. The molecule has 1 aromatic carbocycles. The zero-order chi connectivity index (χ0) is 15.9. The zero-order valence-corrected chi connectivity index (χ0v) is 13.4. The van der Waals surface area contributed by atoms with Crippen LogP contribution in [0.3, 0.4) is 0 Å². The molecule has 0 atom stereocenters. The van der Waals surface area contributed by atoms with Crippen molar-refractivity contribution in [2.24, 2.45) is 0 Å². The van der Waals surface area contributed by atoms with Crippen molar-refractivity contribution in [3.8, 4) is 5.75 Å². The summed E-state index contributed by atoms with van der Waals surface area (Å²) in [5.74, 6) is 0.177. The van der Waals surface area contributed by atoms with Crippen LogP contribution < -0.4 is 10.1 Å². The van der Waals surface area contributed by atoms with Crippen molar-refractivity contribution in [2.45, 2.75) is 13.5 Å². The number of para-hydroxylation sites is 2. The Hall–Kier alpha value is -2.34. The number of benzene rings is 1. The molecular formula is C16H18N2O3S. The average Bonchev–Trinajstić information content (AvgIpc) is 2.98. The molecule has 0 bridgehead atoms. The van der Waals surface area contributed by atoms with E-state index in [9.17, 15) is 9.59 Å². The van der Waals surface area contributed by atoms with Gasteiger partial charge in [0.15, 0.2) is 6.61 Å². The van der Waals surface area contributed by atoms with Crippen molar-refractivity contribution < 1.29 is 14.3 Å². The van der Waals surface area contributed by atoms with Gasteiger partial charge in [0.1, 0.15) is 5.75 Å². The number of thiophene rings is 1. The Morgan fingerprint density at radius 1 is 1.27 bits per heavy atom. The van der Waals surface area contributed by atoms with E-state index in [0.29, 0.717) is 18.0 Å². The highest BCUT2D eigenvalue weighted by molar-refractivity contribution is 7.07. The van der Waals surface area contributed by atoms with Crippen molar-refractivity contribution in [1.82, 2.24) is 4.90 Å². The maximum absolute atomic E-state index is 12.1. The first kappa shape index (κ1) is 16.0. The summed E-state index contributed by atoms with van der Waals surface area (Å²) in [5.41, 5.74) is 1.66. The first-order chi connectivity index (χ1) is 10.6. The van der Waals surface area contributed by atoms with Crippen LogP contribution in [0.1, 0.15) is 12.5 Å². The van der Waals surface area contributed by atoms with E-state index in [0.717, 1.165) is 5.56 Å². The lowest BCUT2D eigenvalue weighted by Gasteiger charge is -2.17. The lowest BCUT2D eigenvalue weighted by atomic mass is 10.3. The summed E-state index contributed by atoms with van der Waals surface area (Å²) in [4.78, 5) is 24.9. The van der Waals surface area contributed by atoms with Gasteiger partial charge in [-0.05, 0) is 34.5 Å². The van der Waals surface area contributed by atoms with Crippen molar-refractivity contribution in [3.05, 3.63) is 46.7 Å². The summed E-state index contributed by atoms with van der Waals surface area (Å²) < 4.78 is 5.54. The van der Waals surface area contributed by atoms with E-state index in [4.69, 9.17) is 4.74 Å². The molecule has 0 fully saturated rings. The van der Waals surface area contributed by atoms with Gasteiger partial charge < -0.3 is 15.0 Å². The third-order valence-electron chi connectivity index (χ3n) is 2.97. The van der Waals surface area contributed by atoms with Crippen LogP contribution in [-0.2, 0) is 16.1 Å². The second-order valence-corrected chi connectivity index (χ2v) is 5.63. The quantitative estimate of drug-likeness (QED) is 0.891. The van der Waals surface area contributed by atoms with Crippen LogP contribution in [-0.4, -0.2) is 30.4 Å². The number of nitrogens with zero attached hydrogens (tertiary/aromatic N) is 1. The molecule has 0 saturated heterocycles. The predicted molar refractivity (Wildman–Crippen MR) is 87.0 cm³/mol. The highest BCUT2D eigenvalue weighted by Crippen LogP contribution is 2.23. The van der Waals surface area contributed by atoms with Crippen LogP contribution in [0, 0.1) is 0 Å². The van der Waals surface area contributed by atoms with Crippen LogP contribution in [0.2, 0.25) is 0 Å². The number of amides is 2. The molecule has 1 N–H and O–H groups in total. The number of ether oxygens (including phenoxy) is 1. The Balaban J connectivity index is 1.92. The fourth-order valence-corrected chi connectivity index (χ4v) is 2.54. The first-order valence-electron chi connectivity index (χ1n) is 6.80. The molecule has 1 heterocycles. The molecule has 0 unspecified atom stereocenters. The van der Waals surface area contributed by atoms with Crippen LogP contribution in [0.5, 0.6) is 5.75 Å². The van der Waals surface area contributed by atoms with Crippen molar-refractivity contribution in [2.75, 3.05) is 19.0 Å². The Kier molecular flexibility index (Phi) is 5.55. The fraction of sp³-hybridized carbons (Fsp3) is 0.250. The number of hydrogen-bond acceptors (Lipinski definition) is 4. The summed E-state index contributed by atoms with van der Waals surface area (Å²) in [6, 6.07) is 9.03. The molecule has 2 aromatic rings. The number of carbonyl (C=O) groups is 2. The molecule has 5 nitrogen and oxygen atoms in total. The lowest BCUT2D eigenvalue weighted by Crippen LogP contribution is -2.30. The summed E-state index contributed by atoms with van der Waals surface area (Å²) in [6.07, 6.45) is 0. The molecule has 0 spiro atoms. The third-order valence-corrected chi connectivity index (χ3v) is 3.71. The molecule has 0 aliphatic rings. The zero-order valence-electron chi connectivity index (χ0n) is 12.5. The Bertz CT molecular complexity index is 641. The first-order valence-corrected chi connectivity index (χ1v) is 7.75. The monoisotopic (exact) mass is 318 g/mol. The largest absolute Gasteiger partial charge is 0.482 e. The summed E-state index contributed by atoms with van der Waals surface area (Å²) in [7, 11) is 1.74. The lowest BCUT2D eigenvalue weighted by molar-refractivity contribution is -0.132. The SMILES string of the molecule is CC(=O)Nc1ccccc1OCC(=O)N(C)Cc1ccsc1. The predicted octanol–water partition coefficient (Wildman–Crippen LogP) is 2.74. The van der Waals surface area contributed by atoms with Gasteiger partial charge in [-0.15, -0.1) is 0 Å². The van der Waals surface area contributed by atoms with Crippen LogP contribution in [0.15, 0.2) is 41.1 Å². The summed E-state index contributed by atoms with van der Waals surface area (Å²) >= 11 is 1.60. The van der Waals surface area contributed by atoms with E-state index in [-0.39, 0.29) is 18.4 Å².